The molecule has 0 spiro atoms. The molecule has 0 aliphatic heterocycles. The van der Waals surface area contributed by atoms with Gasteiger partial charge in [0.1, 0.15) is 17.0 Å². The molecule has 0 radical (unpaired) electrons. The first-order valence-electron chi connectivity index (χ1n) is 7.71. The molecule has 1 heterocycles. The van der Waals surface area contributed by atoms with Crippen molar-refractivity contribution < 1.29 is 18.8 Å². The lowest BCUT2D eigenvalue weighted by Crippen LogP contribution is -2.06. The molecule has 6 heteroatoms. The Labute approximate surface area is 150 Å². The number of esters is 1. The van der Waals surface area contributed by atoms with Gasteiger partial charge in [-0.2, -0.15) is 0 Å². The zero-order valence-electron chi connectivity index (χ0n) is 13.8. The molecular formula is C19H16ClNO4. The van der Waals surface area contributed by atoms with Crippen LogP contribution in [0.4, 0.5) is 0 Å². The fourth-order valence-corrected chi connectivity index (χ4v) is 2.55. The van der Waals surface area contributed by atoms with Gasteiger partial charge in [0.15, 0.2) is 5.76 Å². The monoisotopic (exact) mass is 357 g/mol. The number of aromatic nitrogens is 1. The number of hydrogen-bond donors (Lipinski definition) is 0. The van der Waals surface area contributed by atoms with Crippen molar-refractivity contribution in [1.82, 2.24) is 5.16 Å². The first-order valence-corrected chi connectivity index (χ1v) is 8.09. The van der Waals surface area contributed by atoms with Gasteiger partial charge >= 0.3 is 5.97 Å². The van der Waals surface area contributed by atoms with E-state index in [1.54, 1.807) is 50.4 Å². The van der Waals surface area contributed by atoms with Gasteiger partial charge in [0, 0.05) is 16.1 Å². The van der Waals surface area contributed by atoms with Crippen molar-refractivity contribution in [2.24, 2.45) is 0 Å². The number of halogens is 1. The topological polar surface area (TPSA) is 61.6 Å². The summed E-state index contributed by atoms with van der Waals surface area (Å²) in [6.45, 7) is 2.01. The minimum Gasteiger partial charge on any atom is -0.497 e. The Balaban J connectivity index is 2.11. The molecule has 2 aromatic carbocycles. The van der Waals surface area contributed by atoms with Crippen LogP contribution >= 0.6 is 11.6 Å². The van der Waals surface area contributed by atoms with E-state index in [2.05, 4.69) is 5.16 Å². The number of carbonyl (C=O) groups is 1. The molecular weight excluding hydrogens is 342 g/mol. The standard InChI is InChI=1S/C19H16ClNO4/c1-3-24-19(22)16-17(12-6-10-15(23-2)11-7-12)21-25-18(16)13-4-8-14(20)9-5-13/h4-11H,3H2,1-2H3. The minimum absolute atomic E-state index is 0.256. The Kier molecular flexibility index (Phi) is 5.05. The number of carbonyl (C=O) groups excluding carboxylic acids is 1. The summed E-state index contributed by atoms with van der Waals surface area (Å²) in [5.41, 5.74) is 2.13. The molecule has 0 unspecified atom stereocenters. The van der Waals surface area contributed by atoms with E-state index in [1.807, 2.05) is 12.1 Å². The van der Waals surface area contributed by atoms with Crippen molar-refractivity contribution in [3.63, 3.8) is 0 Å². The van der Waals surface area contributed by atoms with Gasteiger partial charge in [-0.3, -0.25) is 0 Å². The predicted molar refractivity (Wildman–Crippen MR) is 94.9 cm³/mol. The van der Waals surface area contributed by atoms with Crippen LogP contribution in [-0.2, 0) is 4.74 Å². The molecule has 128 valence electrons. The van der Waals surface area contributed by atoms with E-state index in [-0.39, 0.29) is 12.2 Å². The van der Waals surface area contributed by atoms with Gasteiger partial charge in [-0.1, -0.05) is 16.8 Å². The molecule has 5 nitrogen and oxygen atoms in total. The lowest BCUT2D eigenvalue weighted by atomic mass is 10.0. The van der Waals surface area contributed by atoms with Crippen LogP contribution < -0.4 is 4.74 Å². The third-order valence-corrected chi connectivity index (χ3v) is 3.89. The Morgan fingerprint density at radius 2 is 1.72 bits per heavy atom. The van der Waals surface area contributed by atoms with Crippen LogP contribution in [0.15, 0.2) is 53.1 Å². The first kappa shape index (κ1) is 17.0. The number of methoxy groups -OCH3 is 1. The molecule has 0 N–H and O–H groups in total. The number of ether oxygens (including phenoxy) is 2. The van der Waals surface area contributed by atoms with Crippen LogP contribution in [0.1, 0.15) is 17.3 Å². The van der Waals surface area contributed by atoms with Gasteiger partial charge in [-0.15, -0.1) is 0 Å². The highest BCUT2D eigenvalue weighted by molar-refractivity contribution is 6.30. The minimum atomic E-state index is -0.487. The molecule has 0 saturated heterocycles. The third-order valence-electron chi connectivity index (χ3n) is 3.64. The number of nitrogens with zero attached hydrogens (tertiary/aromatic N) is 1. The summed E-state index contributed by atoms with van der Waals surface area (Å²) in [4.78, 5) is 12.5. The molecule has 0 aliphatic carbocycles. The highest BCUT2D eigenvalue weighted by Crippen LogP contribution is 2.34. The van der Waals surface area contributed by atoms with E-state index in [1.165, 1.54) is 0 Å². The SMILES string of the molecule is CCOC(=O)c1c(-c2ccc(OC)cc2)noc1-c1ccc(Cl)cc1. The molecule has 0 saturated carbocycles. The maximum atomic E-state index is 12.5. The smallest absolute Gasteiger partial charge is 0.344 e. The second-order valence-corrected chi connectivity index (χ2v) is 5.63. The van der Waals surface area contributed by atoms with Gasteiger partial charge in [0.25, 0.3) is 0 Å². The number of benzene rings is 2. The molecule has 0 bridgehead atoms. The zero-order valence-corrected chi connectivity index (χ0v) is 14.5. The van der Waals surface area contributed by atoms with Crippen molar-refractivity contribution in [2.75, 3.05) is 13.7 Å². The van der Waals surface area contributed by atoms with Crippen LogP contribution in [0.25, 0.3) is 22.6 Å². The van der Waals surface area contributed by atoms with E-state index in [9.17, 15) is 4.79 Å². The quantitative estimate of drug-likeness (QED) is 0.611. The Morgan fingerprint density at radius 1 is 1.08 bits per heavy atom. The number of rotatable bonds is 5. The Bertz CT molecular complexity index is 869. The van der Waals surface area contributed by atoms with E-state index in [4.69, 9.17) is 25.6 Å². The van der Waals surface area contributed by atoms with E-state index in [0.717, 1.165) is 5.56 Å². The molecule has 0 fully saturated rings. The lowest BCUT2D eigenvalue weighted by Gasteiger charge is -2.05. The molecule has 1 aromatic heterocycles. The van der Waals surface area contributed by atoms with Gasteiger partial charge in [-0.25, -0.2) is 4.79 Å². The van der Waals surface area contributed by atoms with Crippen LogP contribution in [-0.4, -0.2) is 24.8 Å². The molecule has 0 amide bonds. The fourth-order valence-electron chi connectivity index (χ4n) is 2.43. The van der Waals surface area contributed by atoms with Crippen molar-refractivity contribution in [3.8, 4) is 28.3 Å². The fraction of sp³-hybridized carbons (Fsp3) is 0.158. The highest BCUT2D eigenvalue weighted by Gasteiger charge is 2.26. The summed E-state index contributed by atoms with van der Waals surface area (Å²) in [6.07, 6.45) is 0. The van der Waals surface area contributed by atoms with Gasteiger partial charge < -0.3 is 14.0 Å². The van der Waals surface area contributed by atoms with Gasteiger partial charge in [0.2, 0.25) is 0 Å². The summed E-state index contributed by atoms with van der Waals surface area (Å²) >= 11 is 5.93. The van der Waals surface area contributed by atoms with Crippen LogP contribution in [0.2, 0.25) is 5.02 Å². The zero-order chi connectivity index (χ0) is 17.8. The molecule has 0 aliphatic rings. The summed E-state index contributed by atoms with van der Waals surface area (Å²) < 4.78 is 15.8. The van der Waals surface area contributed by atoms with Crippen molar-refractivity contribution in [2.45, 2.75) is 6.92 Å². The average molecular weight is 358 g/mol. The van der Waals surface area contributed by atoms with E-state index >= 15 is 0 Å². The Morgan fingerprint density at radius 3 is 2.32 bits per heavy atom. The lowest BCUT2D eigenvalue weighted by molar-refractivity contribution is 0.0527. The van der Waals surface area contributed by atoms with Gasteiger partial charge in [-0.05, 0) is 55.5 Å². The molecule has 3 rings (SSSR count). The second kappa shape index (κ2) is 7.40. The average Bonchev–Trinajstić information content (AvgIpc) is 3.08. The summed E-state index contributed by atoms with van der Waals surface area (Å²) in [5.74, 6) is 0.573. The van der Waals surface area contributed by atoms with Gasteiger partial charge in [0.05, 0.1) is 13.7 Å². The summed E-state index contributed by atoms with van der Waals surface area (Å²) in [5, 5.41) is 4.69. The van der Waals surface area contributed by atoms with Crippen molar-refractivity contribution >= 4 is 17.6 Å². The predicted octanol–water partition coefficient (Wildman–Crippen LogP) is 4.85. The van der Waals surface area contributed by atoms with Crippen LogP contribution in [0.5, 0.6) is 5.75 Å². The third kappa shape index (κ3) is 3.51. The molecule has 25 heavy (non-hydrogen) atoms. The summed E-state index contributed by atoms with van der Waals surface area (Å²) in [6, 6.07) is 14.2. The normalized spacial score (nSPS) is 10.5. The number of hydrogen-bond acceptors (Lipinski definition) is 5. The maximum Gasteiger partial charge on any atom is 0.344 e. The second-order valence-electron chi connectivity index (χ2n) is 5.19. The Hall–Kier alpha value is -2.79. The molecule has 0 atom stereocenters. The first-order chi connectivity index (χ1) is 12.1. The molecule has 3 aromatic rings. The van der Waals surface area contributed by atoms with Crippen LogP contribution in [0, 0.1) is 0 Å². The van der Waals surface area contributed by atoms with E-state index < -0.39 is 5.97 Å². The van der Waals surface area contributed by atoms with Crippen LogP contribution in [0.3, 0.4) is 0 Å². The largest absolute Gasteiger partial charge is 0.497 e. The summed E-state index contributed by atoms with van der Waals surface area (Å²) in [7, 11) is 1.59. The van der Waals surface area contributed by atoms with Crippen molar-refractivity contribution in [3.05, 3.63) is 59.1 Å². The maximum absolute atomic E-state index is 12.5. The van der Waals surface area contributed by atoms with Crippen molar-refractivity contribution in [1.29, 1.82) is 0 Å². The van der Waals surface area contributed by atoms with E-state index in [0.29, 0.717) is 27.8 Å². The highest BCUT2D eigenvalue weighted by atomic mass is 35.5.